The molecule has 20 aromatic carbocycles. The van der Waals surface area contributed by atoms with E-state index in [4.69, 9.17) is 29.9 Å². The van der Waals surface area contributed by atoms with Crippen LogP contribution in [0.1, 0.15) is 0 Å². The van der Waals surface area contributed by atoms with Crippen LogP contribution >= 0.6 is 0 Å². The monoisotopic (exact) mass is 1690 g/mol. The zero-order valence-electron chi connectivity index (χ0n) is 71.4. The lowest BCUT2D eigenvalue weighted by Crippen LogP contribution is -2.09. The number of nitrogens with one attached hydrogen (secondary N) is 2. The van der Waals surface area contributed by atoms with E-state index in [2.05, 4.69) is 491 Å². The molecule has 8 bridgehead atoms. The number of hydrogen-bond donors (Lipinski definition) is 2. The predicted octanol–water partition coefficient (Wildman–Crippen LogP) is 32.0. The number of nitrogens with zero attached hydrogens (tertiary/aromatic N) is 10. The molecule has 0 radical (unpaired) electrons. The Morgan fingerprint density at radius 3 is 0.629 bits per heavy atom. The van der Waals surface area contributed by atoms with E-state index < -0.39 is 0 Å². The van der Waals surface area contributed by atoms with Crippen LogP contribution in [0.25, 0.3) is 177 Å². The number of fused-ring (bicyclic) bond motifs is 24. The Balaban J connectivity index is 0.667. The van der Waals surface area contributed by atoms with Crippen LogP contribution in [-0.2, 0) is 0 Å². The van der Waals surface area contributed by atoms with Gasteiger partial charge in [0.15, 0.2) is 23.3 Å². The van der Waals surface area contributed by atoms with E-state index in [-0.39, 0.29) is 0 Å². The van der Waals surface area contributed by atoms with Crippen LogP contribution in [0.3, 0.4) is 0 Å². The highest BCUT2D eigenvalue weighted by molar-refractivity contribution is 6.09. The molecule has 12 nitrogen and oxygen atoms in total. The molecule has 0 atom stereocenters. The zero-order chi connectivity index (χ0) is 87.1. The fourth-order valence-corrected chi connectivity index (χ4v) is 19.1. The zero-order valence-corrected chi connectivity index (χ0v) is 71.4. The number of rotatable bonds is 16. The average Bonchev–Trinajstić information content (AvgIpc) is 1.64. The Morgan fingerprint density at radius 1 is 0.136 bits per heavy atom. The molecular formula is C120H78N12. The van der Waals surface area contributed by atoms with Gasteiger partial charge in [0.2, 0.25) is 0 Å². The van der Waals surface area contributed by atoms with Crippen molar-refractivity contribution in [2.45, 2.75) is 0 Å². The fraction of sp³-hybridized carbons (Fsp3) is 0. The van der Waals surface area contributed by atoms with Crippen molar-refractivity contribution >= 4 is 155 Å². The van der Waals surface area contributed by atoms with Crippen molar-refractivity contribution in [3.8, 4) is 90.1 Å². The molecule has 25 rings (SSSR count). The van der Waals surface area contributed by atoms with Crippen LogP contribution in [0.4, 0.5) is 68.2 Å². The third kappa shape index (κ3) is 14.0. The summed E-state index contributed by atoms with van der Waals surface area (Å²) in [6.45, 7) is 0. The van der Waals surface area contributed by atoms with Gasteiger partial charge >= 0.3 is 0 Å². The molecule has 0 fully saturated rings. The van der Waals surface area contributed by atoms with Gasteiger partial charge in [0.05, 0.1) is 0 Å². The molecule has 23 aromatic rings. The topological polar surface area (TPSA) is 122 Å². The maximum Gasteiger partial charge on any atom is 0.164 e. The first-order valence-electron chi connectivity index (χ1n) is 44.5. The number of para-hydroxylation sites is 4. The Morgan fingerprint density at radius 2 is 0.348 bits per heavy atom. The van der Waals surface area contributed by atoms with Gasteiger partial charge in [-0.25, -0.2) is 29.9 Å². The molecule has 12 heteroatoms. The lowest BCUT2D eigenvalue weighted by Gasteiger charge is -2.26. The second-order valence-corrected chi connectivity index (χ2v) is 33.6. The molecule has 5 heterocycles. The second kappa shape index (κ2) is 32.1. The van der Waals surface area contributed by atoms with Crippen LogP contribution < -0.4 is 19.6 Å². The van der Waals surface area contributed by atoms with Crippen molar-refractivity contribution < 1.29 is 0 Å². The van der Waals surface area contributed by atoms with Gasteiger partial charge in [0, 0.05) is 112 Å². The minimum absolute atomic E-state index is 0.487. The van der Waals surface area contributed by atoms with Gasteiger partial charge in [-0.2, -0.15) is 0 Å². The van der Waals surface area contributed by atoms with Crippen molar-refractivity contribution in [2.75, 3.05) is 19.6 Å². The first-order chi connectivity index (χ1) is 65.3. The summed E-state index contributed by atoms with van der Waals surface area (Å²) in [6, 6.07) is 165. The van der Waals surface area contributed by atoms with Crippen LogP contribution in [0.5, 0.6) is 0 Å². The maximum absolute atomic E-state index is 5.70. The van der Waals surface area contributed by atoms with Gasteiger partial charge in [-0.05, 0) is 282 Å². The summed E-state index contributed by atoms with van der Waals surface area (Å²) in [5, 5.41) is 12.8. The quantitative estimate of drug-likeness (QED) is 0.0967. The number of benzene rings is 20. The van der Waals surface area contributed by atoms with E-state index in [1.54, 1.807) is 0 Å². The summed E-state index contributed by atoms with van der Waals surface area (Å²) in [5.74, 6) is 1.95. The molecule has 2 N–H and O–H groups in total. The van der Waals surface area contributed by atoms with E-state index >= 15 is 0 Å². The van der Waals surface area contributed by atoms with Crippen molar-refractivity contribution in [3.05, 3.63) is 461 Å². The molecule has 3 aromatic heterocycles. The number of hydrogen-bond acceptors (Lipinski definition) is 10. The minimum Gasteiger partial charge on any atom is -0.324 e. The molecule has 0 saturated heterocycles. The fourth-order valence-electron chi connectivity index (χ4n) is 19.1. The Hall–Kier alpha value is -18.0. The third-order valence-electron chi connectivity index (χ3n) is 25.7. The Labute approximate surface area is 761 Å². The molecular weight excluding hydrogens is 1610 g/mol. The van der Waals surface area contributed by atoms with Gasteiger partial charge < -0.3 is 29.6 Å². The molecule has 132 heavy (non-hydrogen) atoms. The highest BCUT2D eigenvalue weighted by atomic mass is 15.2. The first-order valence-corrected chi connectivity index (χ1v) is 44.5. The SMILES string of the molecule is c1ccc(N(c2ccc(-c3ccc4c(c3)-c3nc-4nc4[nH]c(nc5nc(nc6[nH]c(n3)c3ccc(-c7ccc(N(c8ccccc8)c8ccc9ccccc9c8)cc7)cc63)-c3ccc(-c6ccc(N(c7ccccc7)c7ccc8ccccc8c7)cc6)cc3-5)c3ccc(-c5ccc(N(c6ccccc6)c6ccc7ccccc7c6)cc5)cc43)cc2)c2ccc3ccccc3c2)cc1. The van der Waals surface area contributed by atoms with Crippen LogP contribution in [-0.4, -0.2) is 39.9 Å². The number of aromatic amines is 2. The normalized spacial score (nSPS) is 11.6. The smallest absolute Gasteiger partial charge is 0.164 e. The van der Waals surface area contributed by atoms with Crippen molar-refractivity contribution in [1.82, 2.24) is 39.9 Å². The summed E-state index contributed by atoms with van der Waals surface area (Å²) in [7, 11) is 0. The van der Waals surface area contributed by atoms with Gasteiger partial charge in [-0.3, -0.25) is 0 Å². The summed E-state index contributed by atoms with van der Waals surface area (Å²) in [6.07, 6.45) is 0. The molecule has 2 aliphatic rings. The van der Waals surface area contributed by atoms with Gasteiger partial charge in [0.1, 0.15) is 22.6 Å². The van der Waals surface area contributed by atoms with E-state index in [0.29, 0.717) is 45.9 Å². The van der Waals surface area contributed by atoms with Crippen molar-refractivity contribution in [1.29, 1.82) is 0 Å². The minimum atomic E-state index is 0.487. The number of anilines is 12. The van der Waals surface area contributed by atoms with E-state index in [1.165, 1.54) is 43.1 Å². The van der Waals surface area contributed by atoms with Crippen LogP contribution in [0.15, 0.2) is 461 Å². The third-order valence-corrected chi connectivity index (χ3v) is 25.7. The maximum atomic E-state index is 5.70. The molecule has 0 amide bonds. The number of aromatic nitrogens is 8. The average molecular weight is 1690 g/mol. The first kappa shape index (κ1) is 76.4. The standard InChI is InChI=1S/C120H78N12/c1-5-29-93(30-6-1)129(101-61-45-77-21-13-17-25-85(77)69-101)97-53-37-81(38-54-97)89-49-65-105-109(73-89)117-121-113(105)126-118-111-75-91(83-41-57-99(58-42-83)131(95-33-9-3-10-34-95)103-63-47-79-23-15-19-27-87(79)71-103)51-67-107(111)115(123-118)128-120-112-76-92(84-43-59-100(60-44-84)132(96-35-11-4-12-36-96)104-64-48-80-24-16-20-28-88(80)72-104)52-68-108(112)116(124-120)127-119-110-74-90(50-66-106(110)114(122-119)125-117)82-39-55-98(56-40-82)130(94-31-7-2-8-32-94)102-62-46-78-22-14-18-26-86(78)70-102/h1-76H,(H2,121,122,123,124,125,126,127,128). The lowest BCUT2D eigenvalue weighted by molar-refractivity contribution is 1.19. The van der Waals surface area contributed by atoms with Gasteiger partial charge in [-0.1, -0.05) is 267 Å². The van der Waals surface area contributed by atoms with Crippen LogP contribution in [0, 0.1) is 0 Å². The lowest BCUT2D eigenvalue weighted by atomic mass is 9.99. The second-order valence-electron chi connectivity index (χ2n) is 33.6. The van der Waals surface area contributed by atoms with E-state index in [0.717, 1.165) is 157 Å². The van der Waals surface area contributed by atoms with Crippen LogP contribution in [0.2, 0.25) is 0 Å². The molecule has 0 aliphatic carbocycles. The summed E-state index contributed by atoms with van der Waals surface area (Å²) >= 11 is 0. The molecule has 0 saturated carbocycles. The highest BCUT2D eigenvalue weighted by Gasteiger charge is 2.27. The van der Waals surface area contributed by atoms with E-state index in [1.807, 2.05) is 0 Å². The highest BCUT2D eigenvalue weighted by Crippen LogP contribution is 2.47. The molecule has 0 unspecified atom stereocenters. The Kier molecular flexibility index (Phi) is 18.6. The molecule has 2 aliphatic heterocycles. The Bertz CT molecular complexity index is 8140. The summed E-state index contributed by atoms with van der Waals surface area (Å²) < 4.78 is 0. The molecule has 0 spiro atoms. The van der Waals surface area contributed by atoms with Crippen molar-refractivity contribution in [2.24, 2.45) is 0 Å². The predicted molar refractivity (Wildman–Crippen MR) is 547 cm³/mol. The van der Waals surface area contributed by atoms with Gasteiger partial charge in [0.25, 0.3) is 0 Å². The summed E-state index contributed by atoms with van der Waals surface area (Å²) in [4.78, 5) is 50.8. The van der Waals surface area contributed by atoms with Crippen molar-refractivity contribution in [3.63, 3.8) is 0 Å². The summed E-state index contributed by atoms with van der Waals surface area (Å²) in [5.41, 5.74) is 26.2. The van der Waals surface area contributed by atoms with Gasteiger partial charge in [-0.15, -0.1) is 0 Å². The largest absolute Gasteiger partial charge is 0.324 e. The molecule has 618 valence electrons. The number of H-pyrrole nitrogens is 2. The van der Waals surface area contributed by atoms with E-state index in [9.17, 15) is 0 Å².